The Morgan fingerprint density at radius 1 is 1.14 bits per heavy atom. The Balaban J connectivity index is 2.02. The molecule has 1 aliphatic heterocycles. The Bertz CT molecular complexity index is 735. The van der Waals surface area contributed by atoms with Crippen LogP contribution in [-0.4, -0.2) is 13.1 Å². The van der Waals surface area contributed by atoms with Crippen molar-refractivity contribution in [1.82, 2.24) is 0 Å². The normalized spacial score (nSPS) is 22.6. The van der Waals surface area contributed by atoms with Crippen molar-refractivity contribution < 1.29 is 14.3 Å². The fourth-order valence-corrected chi connectivity index (χ4v) is 3.87. The first-order valence-corrected chi connectivity index (χ1v) is 7.21. The van der Waals surface area contributed by atoms with E-state index in [0.29, 0.717) is 12.2 Å². The van der Waals surface area contributed by atoms with Gasteiger partial charge in [-0.05, 0) is 30.5 Å². The van der Waals surface area contributed by atoms with Crippen molar-refractivity contribution in [3.05, 3.63) is 59.2 Å². The molecule has 1 aliphatic carbocycles. The lowest BCUT2D eigenvalue weighted by atomic mass is 9.71. The second-order valence-electron chi connectivity index (χ2n) is 5.72. The first kappa shape index (κ1) is 12.5. The molecule has 4 rings (SSSR count). The zero-order valence-corrected chi connectivity index (χ0v) is 11.9. The SMILES string of the molecule is COc1cccc2c1C1(CC2)CC(=O)Oc2ccccc21. The minimum Gasteiger partial charge on any atom is -0.496 e. The number of hydrogen-bond acceptors (Lipinski definition) is 3. The molecule has 0 fully saturated rings. The number of carbonyl (C=O) groups excluding carboxylic acids is 1. The van der Waals surface area contributed by atoms with E-state index in [0.717, 1.165) is 29.7 Å². The summed E-state index contributed by atoms with van der Waals surface area (Å²) in [4.78, 5) is 12.1. The number of methoxy groups -OCH3 is 1. The van der Waals surface area contributed by atoms with Gasteiger partial charge in [-0.25, -0.2) is 0 Å². The molecule has 0 amide bonds. The number of para-hydroxylation sites is 1. The molecule has 106 valence electrons. The highest BCUT2D eigenvalue weighted by atomic mass is 16.5. The van der Waals surface area contributed by atoms with Gasteiger partial charge in [0.25, 0.3) is 0 Å². The summed E-state index contributed by atoms with van der Waals surface area (Å²) in [5.41, 5.74) is 3.25. The van der Waals surface area contributed by atoms with E-state index in [4.69, 9.17) is 9.47 Å². The van der Waals surface area contributed by atoms with Crippen LogP contribution in [0.2, 0.25) is 0 Å². The molecule has 1 atom stereocenters. The van der Waals surface area contributed by atoms with Crippen molar-refractivity contribution >= 4 is 5.97 Å². The van der Waals surface area contributed by atoms with Gasteiger partial charge in [-0.1, -0.05) is 30.3 Å². The fraction of sp³-hybridized carbons (Fsp3) is 0.278. The standard InChI is InChI=1S/C18H16O3/c1-20-15-8-4-5-12-9-10-18(17(12)15)11-16(19)21-14-7-3-2-6-13(14)18/h2-8H,9-11H2,1H3. The van der Waals surface area contributed by atoms with Gasteiger partial charge in [0.05, 0.1) is 13.5 Å². The third-order valence-electron chi connectivity index (χ3n) is 4.70. The van der Waals surface area contributed by atoms with Crippen LogP contribution in [0, 0.1) is 0 Å². The Hall–Kier alpha value is -2.29. The van der Waals surface area contributed by atoms with Crippen LogP contribution in [0.4, 0.5) is 0 Å². The van der Waals surface area contributed by atoms with E-state index in [9.17, 15) is 4.79 Å². The molecule has 3 nitrogen and oxygen atoms in total. The Labute approximate surface area is 123 Å². The minimum atomic E-state index is -0.298. The molecular formula is C18H16O3. The molecule has 0 bridgehead atoms. The third kappa shape index (κ3) is 1.63. The molecule has 1 spiro atoms. The molecule has 0 radical (unpaired) electrons. The summed E-state index contributed by atoms with van der Waals surface area (Å²) in [6.45, 7) is 0. The third-order valence-corrected chi connectivity index (χ3v) is 4.70. The topological polar surface area (TPSA) is 35.5 Å². The molecule has 2 aliphatic rings. The zero-order valence-electron chi connectivity index (χ0n) is 11.9. The van der Waals surface area contributed by atoms with Crippen molar-refractivity contribution in [3.8, 4) is 11.5 Å². The summed E-state index contributed by atoms with van der Waals surface area (Å²) in [6, 6.07) is 14.0. The van der Waals surface area contributed by atoms with Crippen molar-refractivity contribution in [2.45, 2.75) is 24.7 Å². The highest BCUT2D eigenvalue weighted by Crippen LogP contribution is 2.54. The quantitative estimate of drug-likeness (QED) is 0.594. The van der Waals surface area contributed by atoms with E-state index < -0.39 is 0 Å². The van der Waals surface area contributed by atoms with Crippen LogP contribution in [0.15, 0.2) is 42.5 Å². The largest absolute Gasteiger partial charge is 0.496 e. The van der Waals surface area contributed by atoms with Gasteiger partial charge in [0.2, 0.25) is 0 Å². The Morgan fingerprint density at radius 2 is 2.00 bits per heavy atom. The summed E-state index contributed by atoms with van der Waals surface area (Å²) >= 11 is 0. The van der Waals surface area contributed by atoms with E-state index in [1.165, 1.54) is 5.56 Å². The fourth-order valence-electron chi connectivity index (χ4n) is 3.87. The lowest BCUT2D eigenvalue weighted by molar-refractivity contribution is -0.136. The van der Waals surface area contributed by atoms with Crippen LogP contribution in [0.25, 0.3) is 0 Å². The Kier molecular flexibility index (Phi) is 2.58. The molecule has 1 heterocycles. The van der Waals surface area contributed by atoms with E-state index in [-0.39, 0.29) is 11.4 Å². The highest BCUT2D eigenvalue weighted by Gasteiger charge is 2.48. The van der Waals surface area contributed by atoms with E-state index in [1.807, 2.05) is 30.3 Å². The van der Waals surface area contributed by atoms with Gasteiger partial charge >= 0.3 is 5.97 Å². The smallest absolute Gasteiger partial charge is 0.312 e. The van der Waals surface area contributed by atoms with E-state index in [1.54, 1.807) is 7.11 Å². The number of carbonyl (C=O) groups is 1. The lowest BCUT2D eigenvalue weighted by Gasteiger charge is -2.36. The number of ether oxygens (including phenoxy) is 2. The lowest BCUT2D eigenvalue weighted by Crippen LogP contribution is -2.35. The molecule has 1 unspecified atom stereocenters. The van der Waals surface area contributed by atoms with Gasteiger partial charge in [-0.15, -0.1) is 0 Å². The first-order chi connectivity index (χ1) is 10.2. The maximum Gasteiger partial charge on any atom is 0.312 e. The molecule has 0 saturated carbocycles. The molecule has 2 aromatic rings. The van der Waals surface area contributed by atoms with Crippen LogP contribution in [0.3, 0.4) is 0 Å². The predicted octanol–water partition coefficient (Wildman–Crippen LogP) is 3.24. The predicted molar refractivity (Wildman–Crippen MR) is 78.8 cm³/mol. The summed E-state index contributed by atoms with van der Waals surface area (Å²) < 4.78 is 11.0. The monoisotopic (exact) mass is 280 g/mol. The van der Waals surface area contributed by atoms with Gasteiger partial charge in [0.1, 0.15) is 11.5 Å². The van der Waals surface area contributed by atoms with Gasteiger partial charge in [0.15, 0.2) is 0 Å². The molecule has 3 heteroatoms. The van der Waals surface area contributed by atoms with Crippen LogP contribution >= 0.6 is 0 Å². The minimum absolute atomic E-state index is 0.160. The second-order valence-corrected chi connectivity index (χ2v) is 5.72. The van der Waals surface area contributed by atoms with Crippen molar-refractivity contribution in [2.75, 3.05) is 7.11 Å². The molecule has 0 saturated heterocycles. The number of rotatable bonds is 1. The number of esters is 1. The van der Waals surface area contributed by atoms with Crippen LogP contribution in [0.1, 0.15) is 29.5 Å². The van der Waals surface area contributed by atoms with E-state index >= 15 is 0 Å². The van der Waals surface area contributed by atoms with Gasteiger partial charge in [-0.3, -0.25) is 4.79 Å². The Morgan fingerprint density at radius 3 is 2.86 bits per heavy atom. The van der Waals surface area contributed by atoms with Gasteiger partial charge < -0.3 is 9.47 Å². The summed E-state index contributed by atoms with van der Waals surface area (Å²) in [5.74, 6) is 1.40. The summed E-state index contributed by atoms with van der Waals surface area (Å²) in [6.07, 6.45) is 2.28. The van der Waals surface area contributed by atoms with Crippen molar-refractivity contribution in [1.29, 1.82) is 0 Å². The summed E-state index contributed by atoms with van der Waals surface area (Å²) in [7, 11) is 1.69. The number of benzene rings is 2. The van der Waals surface area contributed by atoms with E-state index in [2.05, 4.69) is 12.1 Å². The molecule has 0 aromatic heterocycles. The first-order valence-electron chi connectivity index (χ1n) is 7.21. The van der Waals surface area contributed by atoms with Crippen LogP contribution in [0.5, 0.6) is 11.5 Å². The zero-order chi connectivity index (χ0) is 14.4. The highest BCUT2D eigenvalue weighted by molar-refractivity contribution is 5.80. The van der Waals surface area contributed by atoms with Crippen LogP contribution < -0.4 is 9.47 Å². The average Bonchev–Trinajstić information content (AvgIpc) is 2.87. The second kappa shape index (κ2) is 4.35. The van der Waals surface area contributed by atoms with Crippen molar-refractivity contribution in [3.63, 3.8) is 0 Å². The van der Waals surface area contributed by atoms with Gasteiger partial charge in [-0.2, -0.15) is 0 Å². The molecule has 2 aromatic carbocycles. The average molecular weight is 280 g/mol. The van der Waals surface area contributed by atoms with Crippen LogP contribution in [-0.2, 0) is 16.6 Å². The number of fused-ring (bicyclic) bond motifs is 4. The molecule has 0 N–H and O–H groups in total. The maximum absolute atomic E-state index is 12.1. The number of hydrogen-bond donors (Lipinski definition) is 0. The van der Waals surface area contributed by atoms with Gasteiger partial charge in [0, 0.05) is 16.5 Å². The summed E-state index contributed by atoms with van der Waals surface area (Å²) in [5, 5.41) is 0. The molecular weight excluding hydrogens is 264 g/mol. The maximum atomic E-state index is 12.1. The number of aryl methyl sites for hydroxylation is 1. The van der Waals surface area contributed by atoms with Crippen molar-refractivity contribution in [2.24, 2.45) is 0 Å². The molecule has 21 heavy (non-hydrogen) atoms.